The van der Waals surface area contributed by atoms with Crippen molar-refractivity contribution in [2.24, 2.45) is 5.92 Å². The highest BCUT2D eigenvalue weighted by Gasteiger charge is 2.30. The van der Waals surface area contributed by atoms with Crippen LogP contribution in [0.4, 0.5) is 5.69 Å². The van der Waals surface area contributed by atoms with E-state index in [1.54, 1.807) is 6.07 Å². The van der Waals surface area contributed by atoms with Gasteiger partial charge in [0.2, 0.25) is 5.91 Å². The normalized spacial score (nSPS) is 18.9. The molecular formula is C33H45N3O5. The molecule has 0 unspecified atom stereocenters. The number of carbonyl (C=O) groups is 2. The zero-order valence-corrected chi connectivity index (χ0v) is 24.9. The maximum atomic E-state index is 14.0. The van der Waals surface area contributed by atoms with Crippen LogP contribution in [0.3, 0.4) is 0 Å². The van der Waals surface area contributed by atoms with Crippen molar-refractivity contribution in [3.05, 3.63) is 47.5 Å². The molecule has 0 radical (unpaired) electrons. The van der Waals surface area contributed by atoms with Gasteiger partial charge in [-0.2, -0.15) is 0 Å². The second kappa shape index (κ2) is 13.6. The number of amides is 2. The average molecular weight is 564 g/mol. The summed E-state index contributed by atoms with van der Waals surface area (Å²) in [6.45, 7) is 10.8. The molecule has 2 aromatic carbocycles. The fraction of sp³-hybridized carbons (Fsp3) is 0.576. The van der Waals surface area contributed by atoms with E-state index in [9.17, 15) is 9.59 Å². The van der Waals surface area contributed by atoms with Gasteiger partial charge in [0.25, 0.3) is 5.91 Å². The van der Waals surface area contributed by atoms with Crippen molar-refractivity contribution in [2.45, 2.75) is 71.9 Å². The average Bonchev–Trinajstić information content (AvgIpc) is 3.03. The first kappa shape index (κ1) is 29.2. The molecule has 8 heteroatoms. The topological polar surface area (TPSA) is 71.6 Å². The molecule has 8 nitrogen and oxygen atoms in total. The minimum Gasteiger partial charge on any atom is -0.486 e. The number of rotatable bonds is 5. The predicted molar refractivity (Wildman–Crippen MR) is 160 cm³/mol. The Morgan fingerprint density at radius 3 is 2.49 bits per heavy atom. The number of carbonyl (C=O) groups excluding carboxylic acids is 2. The minimum absolute atomic E-state index is 0.0762. The maximum Gasteiger partial charge on any atom is 0.260 e. The van der Waals surface area contributed by atoms with E-state index in [1.807, 2.05) is 23.1 Å². The summed E-state index contributed by atoms with van der Waals surface area (Å²) in [6, 6.07) is 11.9. The molecule has 0 atom stereocenters. The van der Waals surface area contributed by atoms with Gasteiger partial charge in [-0.1, -0.05) is 37.5 Å². The Balaban J connectivity index is 1.39. The summed E-state index contributed by atoms with van der Waals surface area (Å²) in [5.41, 5.74) is 3.07. The Kier molecular flexibility index (Phi) is 9.70. The molecule has 2 aromatic rings. The standard InChI is InChI=1S/C33H45N3O5/c1-24(2)34-15-8-16-36(33(38)26-10-5-4-6-11-26)32-25(3)9-7-12-27(32)22-35(18-17-34)31(37)23-41-28-13-14-29-30(21-28)40-20-19-39-29/h7,9,12-14,21,24,26H,4-6,8,10-11,15-20,22-23H2,1-3H3. The van der Waals surface area contributed by atoms with Crippen molar-refractivity contribution in [1.29, 1.82) is 0 Å². The van der Waals surface area contributed by atoms with Crippen molar-refractivity contribution in [2.75, 3.05) is 50.9 Å². The SMILES string of the molecule is Cc1cccc2c1N(C(=O)C1CCCCC1)CCCN(C(C)C)CCN(C(=O)COc1ccc3c(c1)OCCO3)C2. The van der Waals surface area contributed by atoms with Crippen LogP contribution in [0.15, 0.2) is 36.4 Å². The lowest BCUT2D eigenvalue weighted by Crippen LogP contribution is -2.42. The molecule has 0 spiro atoms. The van der Waals surface area contributed by atoms with Crippen LogP contribution in [0.25, 0.3) is 0 Å². The van der Waals surface area contributed by atoms with Gasteiger partial charge in [-0.3, -0.25) is 14.5 Å². The molecule has 1 aliphatic carbocycles. The van der Waals surface area contributed by atoms with Crippen molar-refractivity contribution in [3.8, 4) is 17.2 Å². The van der Waals surface area contributed by atoms with Crippen LogP contribution in [-0.2, 0) is 16.1 Å². The molecule has 41 heavy (non-hydrogen) atoms. The third kappa shape index (κ3) is 7.15. The minimum atomic E-state index is -0.0829. The number of hydrogen-bond acceptors (Lipinski definition) is 6. The van der Waals surface area contributed by atoms with Crippen LogP contribution in [0.5, 0.6) is 17.2 Å². The second-order valence-corrected chi connectivity index (χ2v) is 11.8. The summed E-state index contributed by atoms with van der Waals surface area (Å²) in [4.78, 5) is 34.0. The molecular weight excluding hydrogens is 518 g/mol. The Labute approximate surface area is 244 Å². The van der Waals surface area contributed by atoms with E-state index in [1.165, 1.54) is 6.42 Å². The molecule has 5 rings (SSSR count). The van der Waals surface area contributed by atoms with Gasteiger partial charge in [-0.25, -0.2) is 0 Å². The lowest BCUT2D eigenvalue weighted by atomic mass is 9.87. The number of benzene rings is 2. The van der Waals surface area contributed by atoms with E-state index in [2.05, 4.69) is 42.7 Å². The maximum absolute atomic E-state index is 14.0. The number of hydrogen-bond donors (Lipinski definition) is 0. The number of nitrogens with zero attached hydrogens (tertiary/aromatic N) is 3. The van der Waals surface area contributed by atoms with E-state index in [0.717, 1.165) is 62.0 Å². The van der Waals surface area contributed by atoms with Crippen molar-refractivity contribution < 1.29 is 23.8 Å². The summed E-state index contributed by atoms with van der Waals surface area (Å²) < 4.78 is 17.2. The summed E-state index contributed by atoms with van der Waals surface area (Å²) in [6.07, 6.45) is 6.29. The molecule has 3 aliphatic rings. The Bertz CT molecular complexity index is 1210. The summed E-state index contributed by atoms with van der Waals surface area (Å²) >= 11 is 0. The van der Waals surface area contributed by atoms with E-state index in [4.69, 9.17) is 14.2 Å². The highest BCUT2D eigenvalue weighted by atomic mass is 16.6. The Hall–Kier alpha value is -3.26. The van der Waals surface area contributed by atoms with Crippen molar-refractivity contribution in [1.82, 2.24) is 9.80 Å². The first-order valence-electron chi connectivity index (χ1n) is 15.3. The van der Waals surface area contributed by atoms with E-state index < -0.39 is 0 Å². The van der Waals surface area contributed by atoms with Crippen LogP contribution in [0, 0.1) is 12.8 Å². The molecule has 1 saturated carbocycles. The molecule has 2 aliphatic heterocycles. The van der Waals surface area contributed by atoms with Crippen LogP contribution in [0.1, 0.15) is 63.5 Å². The third-order valence-electron chi connectivity index (χ3n) is 8.62. The summed E-state index contributed by atoms with van der Waals surface area (Å²) in [5, 5.41) is 0. The molecule has 2 heterocycles. The molecule has 1 fully saturated rings. The van der Waals surface area contributed by atoms with Crippen LogP contribution in [0.2, 0.25) is 0 Å². The lowest BCUT2D eigenvalue weighted by molar-refractivity contribution is -0.134. The molecule has 2 amide bonds. The van der Waals surface area contributed by atoms with Crippen molar-refractivity contribution >= 4 is 17.5 Å². The number of fused-ring (bicyclic) bond motifs is 2. The number of anilines is 1. The van der Waals surface area contributed by atoms with Gasteiger partial charge >= 0.3 is 0 Å². The second-order valence-electron chi connectivity index (χ2n) is 11.8. The number of aryl methyl sites for hydroxylation is 1. The fourth-order valence-electron chi connectivity index (χ4n) is 6.29. The zero-order chi connectivity index (χ0) is 28.8. The van der Waals surface area contributed by atoms with Crippen molar-refractivity contribution in [3.63, 3.8) is 0 Å². The number of ether oxygens (including phenoxy) is 3. The van der Waals surface area contributed by atoms with Gasteiger partial charge in [0.05, 0.1) is 5.69 Å². The lowest BCUT2D eigenvalue weighted by Gasteiger charge is -2.33. The first-order chi connectivity index (χ1) is 19.9. The quantitative estimate of drug-likeness (QED) is 0.498. The summed E-state index contributed by atoms with van der Waals surface area (Å²) in [5.74, 6) is 2.15. The van der Waals surface area contributed by atoms with Gasteiger partial charge < -0.3 is 24.0 Å². The largest absolute Gasteiger partial charge is 0.486 e. The third-order valence-corrected chi connectivity index (χ3v) is 8.62. The van der Waals surface area contributed by atoms with Gasteiger partial charge in [-0.05, 0) is 63.3 Å². The van der Waals surface area contributed by atoms with Crippen LogP contribution >= 0.6 is 0 Å². The van der Waals surface area contributed by atoms with Gasteiger partial charge in [0.15, 0.2) is 18.1 Å². The molecule has 222 valence electrons. The monoisotopic (exact) mass is 563 g/mol. The smallest absolute Gasteiger partial charge is 0.260 e. The first-order valence-corrected chi connectivity index (χ1v) is 15.3. The predicted octanol–water partition coefficient (Wildman–Crippen LogP) is 5.20. The molecule has 0 N–H and O–H groups in total. The van der Waals surface area contributed by atoms with E-state index in [0.29, 0.717) is 56.1 Å². The molecule has 0 bridgehead atoms. The highest BCUT2D eigenvalue weighted by molar-refractivity contribution is 5.96. The fourth-order valence-corrected chi connectivity index (χ4v) is 6.29. The summed E-state index contributed by atoms with van der Waals surface area (Å²) in [7, 11) is 0. The zero-order valence-electron chi connectivity index (χ0n) is 24.9. The van der Waals surface area contributed by atoms with Crippen LogP contribution in [-0.4, -0.2) is 73.7 Å². The molecule has 0 saturated heterocycles. The Morgan fingerprint density at radius 2 is 1.71 bits per heavy atom. The van der Waals surface area contributed by atoms with Gasteiger partial charge in [0.1, 0.15) is 19.0 Å². The number of para-hydroxylation sites is 1. The van der Waals surface area contributed by atoms with Gasteiger partial charge in [0, 0.05) is 50.7 Å². The molecule has 0 aromatic heterocycles. The van der Waals surface area contributed by atoms with Crippen LogP contribution < -0.4 is 19.1 Å². The highest BCUT2D eigenvalue weighted by Crippen LogP contribution is 2.34. The van der Waals surface area contributed by atoms with E-state index >= 15 is 0 Å². The van der Waals surface area contributed by atoms with E-state index in [-0.39, 0.29) is 24.3 Å². The van der Waals surface area contributed by atoms with Gasteiger partial charge in [-0.15, -0.1) is 0 Å². The Morgan fingerprint density at radius 1 is 0.927 bits per heavy atom.